The smallest absolute Gasteiger partial charge is 0.270 e. The van der Waals surface area contributed by atoms with Crippen molar-refractivity contribution >= 4 is 27.5 Å². The Bertz CT molecular complexity index is 591. The number of hydrogen-bond acceptors (Lipinski definition) is 2. The Kier molecular flexibility index (Phi) is 3.71. The van der Waals surface area contributed by atoms with Crippen LogP contribution in [0.2, 0.25) is 0 Å². The van der Waals surface area contributed by atoms with E-state index in [1.54, 1.807) is 0 Å². The molecule has 1 unspecified atom stereocenters. The summed E-state index contributed by atoms with van der Waals surface area (Å²) in [6, 6.07) is 3.96. The summed E-state index contributed by atoms with van der Waals surface area (Å²) < 4.78 is 2.74. The molecule has 4 nitrogen and oxygen atoms in total. The molecule has 2 heterocycles. The molecule has 0 aliphatic carbocycles. The van der Waals surface area contributed by atoms with E-state index in [0.717, 1.165) is 22.2 Å². The van der Waals surface area contributed by atoms with Crippen LogP contribution in [0.15, 0.2) is 22.8 Å². The number of carbonyl (C=O) groups is 1. The second kappa shape index (κ2) is 5.10. The highest BCUT2D eigenvalue weighted by atomic mass is 79.9. The maximum Gasteiger partial charge on any atom is 0.270 e. The highest BCUT2D eigenvalue weighted by Gasteiger charge is 2.17. The minimum Gasteiger partial charge on any atom is -0.348 e. The van der Waals surface area contributed by atoms with Gasteiger partial charge in [-0.15, -0.1) is 0 Å². The fraction of sp³-hybridized carbons (Fsp3) is 0.385. The van der Waals surface area contributed by atoms with Crippen molar-refractivity contribution in [2.75, 3.05) is 0 Å². The molecule has 0 fully saturated rings. The standard InChI is InChI=1S/C13H16BrN3O/c1-4-8(2)15-13(18)12-9(3)16-11-6-5-10(14)7-17(11)12/h5-8H,4H2,1-3H3,(H,15,18). The van der Waals surface area contributed by atoms with Crippen molar-refractivity contribution in [1.29, 1.82) is 0 Å². The van der Waals surface area contributed by atoms with Gasteiger partial charge >= 0.3 is 0 Å². The van der Waals surface area contributed by atoms with Crippen molar-refractivity contribution in [1.82, 2.24) is 14.7 Å². The van der Waals surface area contributed by atoms with E-state index >= 15 is 0 Å². The number of nitrogens with one attached hydrogen (secondary N) is 1. The van der Waals surface area contributed by atoms with Gasteiger partial charge in [0.25, 0.3) is 5.91 Å². The third-order valence-corrected chi connectivity index (χ3v) is 3.43. The average Bonchev–Trinajstić information content (AvgIpc) is 2.64. The van der Waals surface area contributed by atoms with Gasteiger partial charge in [-0.25, -0.2) is 4.98 Å². The Labute approximate surface area is 115 Å². The second-order valence-corrected chi connectivity index (χ2v) is 5.32. The zero-order valence-electron chi connectivity index (χ0n) is 10.7. The van der Waals surface area contributed by atoms with Crippen molar-refractivity contribution in [3.05, 3.63) is 34.2 Å². The quantitative estimate of drug-likeness (QED) is 0.947. The van der Waals surface area contributed by atoms with E-state index in [1.807, 2.05) is 43.5 Å². The molecule has 2 rings (SSSR count). The number of nitrogens with zero attached hydrogens (tertiary/aromatic N) is 2. The van der Waals surface area contributed by atoms with Gasteiger partial charge < -0.3 is 5.32 Å². The first-order valence-electron chi connectivity index (χ1n) is 5.98. The van der Waals surface area contributed by atoms with Crippen molar-refractivity contribution in [2.45, 2.75) is 33.2 Å². The van der Waals surface area contributed by atoms with Crippen molar-refractivity contribution in [2.24, 2.45) is 0 Å². The Balaban J connectivity index is 2.46. The summed E-state index contributed by atoms with van der Waals surface area (Å²) in [7, 11) is 0. The van der Waals surface area contributed by atoms with Crippen LogP contribution < -0.4 is 5.32 Å². The van der Waals surface area contributed by atoms with Crippen molar-refractivity contribution in [3.8, 4) is 0 Å². The van der Waals surface area contributed by atoms with Crippen LogP contribution in [-0.4, -0.2) is 21.3 Å². The number of rotatable bonds is 3. The number of hydrogen-bond donors (Lipinski definition) is 1. The summed E-state index contributed by atoms with van der Waals surface area (Å²) in [6.45, 7) is 5.89. The maximum atomic E-state index is 12.2. The van der Waals surface area contributed by atoms with Gasteiger partial charge in [-0.1, -0.05) is 6.92 Å². The molecule has 0 bridgehead atoms. The fourth-order valence-corrected chi connectivity index (χ4v) is 2.14. The molecule has 0 aliphatic rings. The van der Waals surface area contributed by atoms with E-state index in [-0.39, 0.29) is 11.9 Å². The van der Waals surface area contributed by atoms with Crippen molar-refractivity contribution < 1.29 is 4.79 Å². The van der Waals surface area contributed by atoms with Gasteiger partial charge in [0.2, 0.25) is 0 Å². The number of fused-ring (bicyclic) bond motifs is 1. The fourth-order valence-electron chi connectivity index (χ4n) is 1.80. The molecule has 1 atom stereocenters. The lowest BCUT2D eigenvalue weighted by Crippen LogP contribution is -2.33. The van der Waals surface area contributed by atoms with E-state index < -0.39 is 0 Å². The van der Waals surface area contributed by atoms with Gasteiger partial charge in [-0.05, 0) is 48.3 Å². The molecule has 96 valence electrons. The normalized spacial score (nSPS) is 12.7. The molecule has 0 spiro atoms. The van der Waals surface area contributed by atoms with Crippen LogP contribution in [-0.2, 0) is 0 Å². The maximum absolute atomic E-state index is 12.2. The third kappa shape index (κ3) is 2.41. The first-order valence-corrected chi connectivity index (χ1v) is 6.77. The highest BCUT2D eigenvalue weighted by molar-refractivity contribution is 9.10. The minimum absolute atomic E-state index is 0.0764. The number of amides is 1. The molecule has 18 heavy (non-hydrogen) atoms. The SMILES string of the molecule is CCC(C)NC(=O)c1c(C)nc2ccc(Br)cn12. The molecular weight excluding hydrogens is 294 g/mol. The Morgan fingerprint density at radius 3 is 2.94 bits per heavy atom. The Morgan fingerprint density at radius 1 is 1.56 bits per heavy atom. The molecule has 0 saturated carbocycles. The molecule has 2 aromatic rings. The van der Waals surface area contributed by atoms with Crippen LogP contribution in [0.5, 0.6) is 0 Å². The van der Waals surface area contributed by atoms with E-state index in [0.29, 0.717) is 5.69 Å². The Morgan fingerprint density at radius 2 is 2.28 bits per heavy atom. The number of carbonyl (C=O) groups excluding carboxylic acids is 1. The summed E-state index contributed by atoms with van der Waals surface area (Å²) >= 11 is 3.41. The molecule has 5 heteroatoms. The number of halogens is 1. The van der Waals surface area contributed by atoms with E-state index in [9.17, 15) is 4.79 Å². The summed E-state index contributed by atoms with van der Waals surface area (Å²) in [5.41, 5.74) is 2.13. The molecule has 0 aliphatic heterocycles. The van der Waals surface area contributed by atoms with Gasteiger partial charge in [0.05, 0.1) is 5.69 Å². The second-order valence-electron chi connectivity index (χ2n) is 4.40. The lowest BCUT2D eigenvalue weighted by molar-refractivity contribution is 0.0932. The van der Waals surface area contributed by atoms with Crippen LogP contribution >= 0.6 is 15.9 Å². The molecule has 2 aromatic heterocycles. The van der Waals surface area contributed by atoms with Gasteiger partial charge in [-0.3, -0.25) is 9.20 Å². The number of imidazole rings is 1. The predicted octanol–water partition coefficient (Wildman–Crippen LogP) is 2.93. The van der Waals surface area contributed by atoms with Crippen LogP contribution in [0.4, 0.5) is 0 Å². The van der Waals surface area contributed by atoms with Crippen LogP contribution in [0.3, 0.4) is 0 Å². The number of aryl methyl sites for hydroxylation is 1. The number of aromatic nitrogens is 2. The zero-order valence-corrected chi connectivity index (χ0v) is 12.3. The van der Waals surface area contributed by atoms with Crippen LogP contribution in [0.25, 0.3) is 5.65 Å². The van der Waals surface area contributed by atoms with E-state index in [2.05, 4.69) is 26.2 Å². The lowest BCUT2D eigenvalue weighted by atomic mass is 10.2. The zero-order chi connectivity index (χ0) is 13.3. The first-order chi connectivity index (χ1) is 8.52. The Hall–Kier alpha value is -1.36. The van der Waals surface area contributed by atoms with Gasteiger partial charge in [0.15, 0.2) is 0 Å². The molecule has 1 amide bonds. The summed E-state index contributed by atoms with van der Waals surface area (Å²) in [6.07, 6.45) is 2.77. The first kappa shape index (κ1) is 13.1. The van der Waals surface area contributed by atoms with E-state index in [4.69, 9.17) is 0 Å². The highest BCUT2D eigenvalue weighted by Crippen LogP contribution is 2.16. The minimum atomic E-state index is -0.0764. The monoisotopic (exact) mass is 309 g/mol. The van der Waals surface area contributed by atoms with Crippen LogP contribution in [0, 0.1) is 6.92 Å². The molecule has 0 radical (unpaired) electrons. The van der Waals surface area contributed by atoms with Crippen LogP contribution in [0.1, 0.15) is 36.5 Å². The van der Waals surface area contributed by atoms with Gasteiger partial charge in [-0.2, -0.15) is 0 Å². The molecule has 0 saturated heterocycles. The average molecular weight is 310 g/mol. The van der Waals surface area contributed by atoms with Gasteiger partial charge in [0.1, 0.15) is 11.3 Å². The molecule has 0 aromatic carbocycles. The topological polar surface area (TPSA) is 46.4 Å². The summed E-state index contributed by atoms with van der Waals surface area (Å²) in [5, 5.41) is 2.97. The largest absolute Gasteiger partial charge is 0.348 e. The third-order valence-electron chi connectivity index (χ3n) is 2.96. The molecular formula is C13H16BrN3O. The van der Waals surface area contributed by atoms with Crippen molar-refractivity contribution in [3.63, 3.8) is 0 Å². The summed E-state index contributed by atoms with van der Waals surface area (Å²) in [4.78, 5) is 16.6. The molecule has 1 N–H and O–H groups in total. The van der Waals surface area contributed by atoms with Gasteiger partial charge in [0, 0.05) is 16.7 Å². The predicted molar refractivity (Wildman–Crippen MR) is 74.8 cm³/mol. The van der Waals surface area contributed by atoms with E-state index in [1.165, 1.54) is 0 Å². The number of pyridine rings is 1. The lowest BCUT2D eigenvalue weighted by Gasteiger charge is -2.11. The summed E-state index contributed by atoms with van der Waals surface area (Å²) in [5.74, 6) is -0.0764.